The summed E-state index contributed by atoms with van der Waals surface area (Å²) in [4.78, 5) is 35.4. The number of aryl methyl sites for hydroxylation is 1. The van der Waals surface area contributed by atoms with E-state index in [1.807, 2.05) is 64.1 Å². The van der Waals surface area contributed by atoms with E-state index in [4.69, 9.17) is 29.8 Å². The summed E-state index contributed by atoms with van der Waals surface area (Å²) < 4.78 is 22.9. The predicted octanol–water partition coefficient (Wildman–Crippen LogP) is 8.57. The minimum atomic E-state index is -0.593. The summed E-state index contributed by atoms with van der Waals surface area (Å²) >= 11 is 3.44. The Kier molecular flexibility index (Phi) is 12.4. The number of aromatic nitrogens is 3. The van der Waals surface area contributed by atoms with Crippen molar-refractivity contribution in [2.45, 2.75) is 71.9 Å². The Bertz CT molecular complexity index is 2180. The fraction of sp³-hybridized carbons (Fsp3) is 0.349. The van der Waals surface area contributed by atoms with Crippen LogP contribution in [0.5, 0.6) is 11.6 Å². The van der Waals surface area contributed by atoms with Gasteiger partial charge in [-0.25, -0.2) is 15.6 Å². The van der Waals surface area contributed by atoms with Gasteiger partial charge in [-0.3, -0.25) is 9.97 Å². The minimum Gasteiger partial charge on any atom is -0.497 e. The number of hydrogen-bond acceptors (Lipinski definition) is 13. The first-order valence-corrected chi connectivity index (χ1v) is 20.6. The van der Waals surface area contributed by atoms with Crippen LogP contribution in [-0.4, -0.2) is 78.6 Å². The molecule has 5 aromatic rings. The molecule has 0 spiro atoms. The molecule has 14 heteroatoms. The van der Waals surface area contributed by atoms with Gasteiger partial charge in [0.25, 0.3) is 0 Å². The Balaban J connectivity index is 1.14. The normalized spacial score (nSPS) is 14.3. The highest BCUT2D eigenvalue weighted by molar-refractivity contribution is 8.05. The molecular formula is C43H49N7O5S2. The van der Waals surface area contributed by atoms with Crippen LogP contribution in [0.4, 0.5) is 16.2 Å². The Hall–Kier alpha value is -5.02. The van der Waals surface area contributed by atoms with E-state index in [-0.39, 0.29) is 12.1 Å². The maximum absolute atomic E-state index is 12.8. The van der Waals surface area contributed by atoms with Gasteiger partial charge in [0, 0.05) is 69.8 Å². The second-order valence-electron chi connectivity index (χ2n) is 14.9. The number of pyridine rings is 1. The molecule has 1 atom stereocenters. The summed E-state index contributed by atoms with van der Waals surface area (Å²) in [6, 6.07) is 24.3. The molecule has 2 aliphatic rings. The van der Waals surface area contributed by atoms with Crippen molar-refractivity contribution < 1.29 is 23.7 Å². The van der Waals surface area contributed by atoms with Gasteiger partial charge in [-0.2, -0.15) is 0 Å². The van der Waals surface area contributed by atoms with Crippen LogP contribution in [0.3, 0.4) is 0 Å². The van der Waals surface area contributed by atoms with Gasteiger partial charge in [0.1, 0.15) is 18.0 Å². The van der Waals surface area contributed by atoms with Crippen LogP contribution in [0.2, 0.25) is 0 Å². The SMILES string of the molecule is COc1ccc(COc2cc(N3CCOCC3)cc(-c3cccc4c3Sc3ccc(N(N)C(CCN(C)C(=O)OC(C)(C)C)c5cnc(C)cn5)cc3S4)n2)cc1. The maximum Gasteiger partial charge on any atom is 0.410 e. The van der Waals surface area contributed by atoms with Crippen LogP contribution in [0, 0.1) is 6.92 Å². The Morgan fingerprint density at radius 2 is 1.75 bits per heavy atom. The number of nitrogens with two attached hydrogens (primary N) is 1. The van der Waals surface area contributed by atoms with Crippen molar-refractivity contribution in [1.82, 2.24) is 19.9 Å². The van der Waals surface area contributed by atoms with Gasteiger partial charge in [0.05, 0.1) is 55.3 Å². The Morgan fingerprint density at radius 3 is 2.47 bits per heavy atom. The minimum absolute atomic E-state index is 0.355. The van der Waals surface area contributed by atoms with Crippen LogP contribution < -0.4 is 25.2 Å². The summed E-state index contributed by atoms with van der Waals surface area (Å²) in [7, 11) is 3.39. The number of amides is 1. The molecule has 12 nitrogen and oxygen atoms in total. The fourth-order valence-electron chi connectivity index (χ4n) is 6.47. The van der Waals surface area contributed by atoms with Gasteiger partial charge in [-0.15, -0.1) is 0 Å². The van der Waals surface area contributed by atoms with E-state index < -0.39 is 5.60 Å². The van der Waals surface area contributed by atoms with Gasteiger partial charge in [0.2, 0.25) is 5.88 Å². The molecule has 0 radical (unpaired) electrons. The van der Waals surface area contributed by atoms with Gasteiger partial charge in [-0.1, -0.05) is 47.8 Å². The molecule has 57 heavy (non-hydrogen) atoms. The zero-order chi connectivity index (χ0) is 40.1. The van der Waals surface area contributed by atoms with Crippen molar-refractivity contribution in [3.63, 3.8) is 0 Å². The van der Waals surface area contributed by atoms with Crippen LogP contribution in [-0.2, 0) is 16.1 Å². The number of anilines is 2. The highest BCUT2D eigenvalue weighted by Gasteiger charge is 2.27. The average Bonchev–Trinajstić information content (AvgIpc) is 3.22. The number of carbonyl (C=O) groups excluding carboxylic acids is 1. The quantitative estimate of drug-likeness (QED) is 0.0938. The second kappa shape index (κ2) is 17.6. The molecule has 2 N–H and O–H groups in total. The molecule has 0 bridgehead atoms. The Morgan fingerprint density at radius 1 is 0.965 bits per heavy atom. The topological polar surface area (TPSA) is 128 Å². The summed E-state index contributed by atoms with van der Waals surface area (Å²) in [5.74, 6) is 8.31. The largest absolute Gasteiger partial charge is 0.497 e. The molecule has 1 amide bonds. The summed E-state index contributed by atoms with van der Waals surface area (Å²) in [5.41, 5.74) is 5.73. The van der Waals surface area contributed by atoms with Crippen molar-refractivity contribution in [3.05, 3.63) is 102 Å². The van der Waals surface area contributed by atoms with E-state index in [1.165, 1.54) is 0 Å². The molecule has 4 heterocycles. The van der Waals surface area contributed by atoms with Gasteiger partial charge in [-0.05, 0) is 82.1 Å². The summed E-state index contributed by atoms with van der Waals surface area (Å²) in [5, 5.41) is 1.73. The number of methoxy groups -OCH3 is 1. The molecule has 298 valence electrons. The highest BCUT2D eigenvalue weighted by atomic mass is 32.2. The monoisotopic (exact) mass is 807 g/mol. The van der Waals surface area contributed by atoms with Crippen molar-refractivity contribution in [1.29, 1.82) is 0 Å². The summed E-state index contributed by atoms with van der Waals surface area (Å²) in [6.45, 7) is 11.2. The standard InChI is InChI=1S/C43H49N7O5S2/c1-28-25-46-35(26-45-28)36(16-17-48(5)42(51)55-43(2,3)4)50(44)30-12-15-37-39(23-30)56-38-9-7-8-33(41(38)57-37)34-22-31(49-18-20-53-21-19-49)24-40(47-34)54-27-29-10-13-32(52-6)14-11-29/h7-15,22-26,36H,16-21,27,44H2,1-6H3. The lowest BCUT2D eigenvalue weighted by molar-refractivity contribution is 0.0293. The van der Waals surface area contributed by atoms with Crippen molar-refractivity contribution in [3.8, 4) is 22.9 Å². The number of hydrazine groups is 1. The molecule has 1 saturated heterocycles. The number of rotatable bonds is 12. The molecule has 2 aliphatic heterocycles. The predicted molar refractivity (Wildman–Crippen MR) is 224 cm³/mol. The third-order valence-corrected chi connectivity index (χ3v) is 12.1. The number of fused-ring (bicyclic) bond motifs is 2. The van der Waals surface area contributed by atoms with E-state index in [0.717, 1.165) is 78.0 Å². The maximum atomic E-state index is 12.8. The number of nitrogens with zero attached hydrogens (tertiary/aromatic N) is 6. The zero-order valence-electron chi connectivity index (χ0n) is 33.2. The zero-order valence-corrected chi connectivity index (χ0v) is 34.9. The fourth-order valence-corrected chi connectivity index (χ4v) is 8.87. The number of benzene rings is 3. The van der Waals surface area contributed by atoms with Crippen LogP contribution >= 0.6 is 23.5 Å². The van der Waals surface area contributed by atoms with Crippen molar-refractivity contribution in [2.75, 3.05) is 56.9 Å². The van der Waals surface area contributed by atoms with Crippen molar-refractivity contribution >= 4 is 41.0 Å². The van der Waals surface area contributed by atoms with E-state index in [1.54, 1.807) is 60.0 Å². The van der Waals surface area contributed by atoms with E-state index >= 15 is 0 Å². The average molecular weight is 808 g/mol. The molecule has 0 saturated carbocycles. The van der Waals surface area contributed by atoms with Crippen LogP contribution in [0.25, 0.3) is 11.3 Å². The van der Waals surface area contributed by atoms with E-state index in [0.29, 0.717) is 38.7 Å². The van der Waals surface area contributed by atoms with Crippen LogP contribution in [0.1, 0.15) is 50.2 Å². The molecule has 0 aliphatic carbocycles. The lowest BCUT2D eigenvalue weighted by atomic mass is 10.1. The molecule has 3 aromatic carbocycles. The number of morpholine rings is 1. The second-order valence-corrected chi connectivity index (χ2v) is 17.1. The molecule has 1 fully saturated rings. The first-order chi connectivity index (χ1) is 27.4. The molecular weight excluding hydrogens is 759 g/mol. The molecule has 2 aromatic heterocycles. The Labute approximate surface area is 343 Å². The molecule has 1 unspecified atom stereocenters. The van der Waals surface area contributed by atoms with Gasteiger partial charge >= 0.3 is 6.09 Å². The molecule has 7 rings (SSSR count). The van der Waals surface area contributed by atoms with Gasteiger partial charge < -0.3 is 33.8 Å². The highest BCUT2D eigenvalue weighted by Crippen LogP contribution is 2.52. The van der Waals surface area contributed by atoms with Crippen LogP contribution in [0.15, 0.2) is 105 Å². The first kappa shape index (κ1) is 40.2. The van der Waals surface area contributed by atoms with E-state index in [9.17, 15) is 4.79 Å². The number of ether oxygens (including phenoxy) is 4. The van der Waals surface area contributed by atoms with E-state index in [2.05, 4.69) is 51.3 Å². The third-order valence-electron chi connectivity index (χ3n) is 9.54. The number of hydrogen-bond donors (Lipinski definition) is 1. The lowest BCUT2D eigenvalue weighted by Gasteiger charge is -2.32. The lowest BCUT2D eigenvalue weighted by Crippen LogP contribution is -2.40. The third kappa shape index (κ3) is 9.93. The smallest absolute Gasteiger partial charge is 0.410 e. The first-order valence-electron chi connectivity index (χ1n) is 18.9. The number of carbonyl (C=O) groups is 1. The van der Waals surface area contributed by atoms with Gasteiger partial charge in [0.15, 0.2) is 0 Å². The summed E-state index contributed by atoms with van der Waals surface area (Å²) in [6.07, 6.45) is 3.62. The van der Waals surface area contributed by atoms with Crippen molar-refractivity contribution in [2.24, 2.45) is 5.84 Å².